The Labute approximate surface area is 136 Å². The van der Waals surface area contributed by atoms with Crippen molar-refractivity contribution < 1.29 is 25.8 Å². The van der Waals surface area contributed by atoms with Crippen molar-refractivity contribution in [3.8, 4) is 0 Å². The zero-order chi connectivity index (χ0) is 12.9. The quantitative estimate of drug-likeness (QED) is 0.606. The fourth-order valence-corrected chi connectivity index (χ4v) is 3.45. The third kappa shape index (κ3) is 2.96. The second-order valence-corrected chi connectivity index (χ2v) is 7.18. The maximum atomic E-state index is 2.47. The molecule has 0 aliphatic heterocycles. The minimum Gasteiger partial charge on any atom is -0.0721 e. The Kier molecular flexibility index (Phi) is 4.26. The Balaban J connectivity index is 0.00000133. The van der Waals surface area contributed by atoms with E-state index in [1.165, 1.54) is 36.3 Å². The fourth-order valence-electron chi connectivity index (χ4n) is 3.45. The Morgan fingerprint density at radius 3 is 2.32 bits per heavy atom. The maximum Gasteiger partial charge on any atom is 0.0276 e. The summed E-state index contributed by atoms with van der Waals surface area (Å²) in [5, 5.41) is 0. The average molecular weight is 418 g/mol. The van der Waals surface area contributed by atoms with Gasteiger partial charge in [-0.25, -0.2) is 0 Å². The minimum absolute atomic E-state index is 0. The third-order valence-electron chi connectivity index (χ3n) is 4.15. The van der Waals surface area contributed by atoms with Crippen molar-refractivity contribution in [2.75, 3.05) is 0 Å². The average Bonchev–Trinajstić information content (AvgIpc) is 2.73. The molecule has 0 fully saturated rings. The number of benzene rings is 1. The molecule has 2 aliphatic rings. The Hall–Kier alpha value is -0.170. The first kappa shape index (κ1) is 15.2. The Bertz CT molecular complexity index is 509. The van der Waals surface area contributed by atoms with Crippen LogP contribution in [0, 0.1) is 17.3 Å². The molecule has 1 heteroatoms. The van der Waals surface area contributed by atoms with Gasteiger partial charge in [0.2, 0.25) is 0 Å². The number of hydrogen-bond acceptors (Lipinski definition) is 0. The molecule has 99 valence electrons. The molecule has 1 radical (unpaired) electrons. The van der Waals surface area contributed by atoms with Crippen LogP contribution in [0.15, 0.2) is 18.2 Å². The summed E-state index contributed by atoms with van der Waals surface area (Å²) >= 11 is 0. The van der Waals surface area contributed by atoms with E-state index in [1.54, 1.807) is 11.1 Å². The van der Waals surface area contributed by atoms with Crippen LogP contribution in [0.1, 0.15) is 56.4 Å². The Morgan fingerprint density at radius 1 is 1.05 bits per heavy atom. The van der Waals surface area contributed by atoms with Gasteiger partial charge in [-0.3, -0.25) is 0 Å². The van der Waals surface area contributed by atoms with E-state index in [0.29, 0.717) is 5.41 Å². The van der Waals surface area contributed by atoms with E-state index in [0.717, 1.165) is 5.92 Å². The topological polar surface area (TPSA) is 0 Å². The Morgan fingerprint density at radius 2 is 1.68 bits per heavy atom. The van der Waals surface area contributed by atoms with Crippen molar-refractivity contribution in [1.82, 2.24) is 0 Å². The summed E-state index contributed by atoms with van der Waals surface area (Å²) in [7, 11) is 0. The number of allylic oxidation sites excluding steroid dienone is 1. The second kappa shape index (κ2) is 5.31. The summed E-state index contributed by atoms with van der Waals surface area (Å²) in [4.78, 5) is 0. The van der Waals surface area contributed by atoms with Gasteiger partial charge < -0.3 is 0 Å². The molecule has 0 unspecified atom stereocenters. The van der Waals surface area contributed by atoms with Crippen LogP contribution in [-0.2, 0) is 38.7 Å². The monoisotopic (exact) mass is 419 g/mol. The molecule has 0 heterocycles. The van der Waals surface area contributed by atoms with Crippen LogP contribution in [0.3, 0.4) is 0 Å². The number of hydrogen-bond donors (Lipinski definition) is 0. The third-order valence-corrected chi connectivity index (χ3v) is 4.15. The summed E-state index contributed by atoms with van der Waals surface area (Å²) in [5.74, 6) is 2.27. The van der Waals surface area contributed by atoms with Crippen LogP contribution in [0.4, 0.5) is 0 Å². The molecule has 0 spiro atoms. The van der Waals surface area contributed by atoms with Gasteiger partial charge in [-0.2, -0.15) is 0 Å². The largest absolute Gasteiger partial charge is 0.0721 e. The molecule has 1 aromatic carbocycles. The molecule has 0 aromatic heterocycles. The predicted octanol–water partition coefficient (Wildman–Crippen LogP) is 4.80. The predicted molar refractivity (Wildman–Crippen MR) is 78.5 cm³/mol. The fraction of sp³-hybridized carbons (Fsp3) is 0.500. The van der Waals surface area contributed by atoms with E-state index < -0.39 is 0 Å². The van der Waals surface area contributed by atoms with E-state index in [1.807, 2.05) is 0 Å². The molecule has 0 atom stereocenters. The van der Waals surface area contributed by atoms with Crippen LogP contribution >= 0.6 is 0 Å². The zero-order valence-electron chi connectivity index (χ0n) is 12.5. The van der Waals surface area contributed by atoms with Crippen molar-refractivity contribution in [3.05, 3.63) is 46.4 Å². The first-order valence-corrected chi connectivity index (χ1v) is 7.15. The molecule has 0 nitrogen and oxygen atoms in total. The molecule has 2 aliphatic carbocycles. The van der Waals surface area contributed by atoms with Crippen molar-refractivity contribution in [1.29, 1.82) is 0 Å². The van der Waals surface area contributed by atoms with E-state index in [-0.39, 0.29) is 25.8 Å². The van der Waals surface area contributed by atoms with E-state index in [9.17, 15) is 0 Å². The van der Waals surface area contributed by atoms with Crippen LogP contribution in [0.25, 0.3) is 6.08 Å². The van der Waals surface area contributed by atoms with Crippen LogP contribution in [-0.4, -0.2) is 0 Å². The molecular formula is C18H23Hf. The van der Waals surface area contributed by atoms with Gasteiger partial charge in [0.1, 0.15) is 0 Å². The molecular weight excluding hydrogens is 395 g/mol. The SMILES string of the molecule is CC(C)C[C]1C=Cc2cc3c(cc21)CC(C)(C)C3.[Hf]. The summed E-state index contributed by atoms with van der Waals surface area (Å²) in [5.41, 5.74) is 6.57. The van der Waals surface area contributed by atoms with Gasteiger partial charge in [-0.1, -0.05) is 52.0 Å². The van der Waals surface area contributed by atoms with Crippen LogP contribution < -0.4 is 0 Å². The first-order chi connectivity index (χ1) is 8.44. The van der Waals surface area contributed by atoms with Crippen molar-refractivity contribution >= 4 is 6.08 Å². The molecule has 0 saturated heterocycles. The number of fused-ring (bicyclic) bond motifs is 2. The van der Waals surface area contributed by atoms with Gasteiger partial charge in [-0.05, 0) is 52.8 Å². The van der Waals surface area contributed by atoms with E-state index in [2.05, 4.69) is 52.0 Å². The molecule has 1 aromatic rings. The van der Waals surface area contributed by atoms with Gasteiger partial charge in [0.25, 0.3) is 0 Å². The summed E-state index contributed by atoms with van der Waals surface area (Å²) in [6.07, 6.45) is 8.31. The van der Waals surface area contributed by atoms with Gasteiger partial charge in [0.05, 0.1) is 0 Å². The number of rotatable bonds is 2. The maximum absolute atomic E-state index is 2.47. The minimum atomic E-state index is 0. The van der Waals surface area contributed by atoms with Crippen LogP contribution in [0.2, 0.25) is 0 Å². The van der Waals surface area contributed by atoms with Crippen molar-refractivity contribution in [2.24, 2.45) is 11.3 Å². The molecule has 0 saturated carbocycles. The second-order valence-electron chi connectivity index (χ2n) is 7.18. The van der Waals surface area contributed by atoms with Crippen molar-refractivity contribution in [3.63, 3.8) is 0 Å². The molecule has 0 amide bonds. The summed E-state index contributed by atoms with van der Waals surface area (Å²) in [6, 6.07) is 4.90. The van der Waals surface area contributed by atoms with Gasteiger partial charge in [0, 0.05) is 31.8 Å². The van der Waals surface area contributed by atoms with Crippen LogP contribution in [0.5, 0.6) is 0 Å². The zero-order valence-corrected chi connectivity index (χ0v) is 16.1. The molecule has 0 bridgehead atoms. The molecule has 19 heavy (non-hydrogen) atoms. The van der Waals surface area contributed by atoms with E-state index in [4.69, 9.17) is 0 Å². The first-order valence-electron chi connectivity index (χ1n) is 7.15. The van der Waals surface area contributed by atoms with E-state index >= 15 is 0 Å². The summed E-state index contributed by atoms with van der Waals surface area (Å²) < 4.78 is 0. The smallest absolute Gasteiger partial charge is 0.0276 e. The molecule has 0 N–H and O–H groups in total. The van der Waals surface area contributed by atoms with Gasteiger partial charge >= 0.3 is 0 Å². The molecule has 3 rings (SSSR count). The van der Waals surface area contributed by atoms with Gasteiger partial charge in [-0.15, -0.1) is 0 Å². The summed E-state index contributed by atoms with van der Waals surface area (Å²) in [6.45, 7) is 9.37. The van der Waals surface area contributed by atoms with Crippen molar-refractivity contribution in [2.45, 2.75) is 47.0 Å². The van der Waals surface area contributed by atoms with Gasteiger partial charge in [0.15, 0.2) is 0 Å². The normalized spacial score (nSPS) is 19.4. The standard InChI is InChI=1S/C18H23.Hf/c1-12(2)7-13-5-6-14-8-15-10-18(3,4)11-16(15)9-17(13)14;/h5-6,8-9,12H,7,10-11H2,1-4H3;.